The fourth-order valence-electron chi connectivity index (χ4n) is 8.79. The van der Waals surface area contributed by atoms with Gasteiger partial charge < -0.3 is 19.5 Å². The highest BCUT2D eigenvalue weighted by Gasteiger charge is 2.69. The first-order valence-corrected chi connectivity index (χ1v) is 21.5. The topological polar surface area (TPSA) is 197 Å². The molecule has 2 aliphatic carbocycles. The van der Waals surface area contributed by atoms with Gasteiger partial charge in [-0.1, -0.05) is 37.0 Å². The van der Waals surface area contributed by atoms with Crippen molar-refractivity contribution >= 4 is 77.5 Å². The normalized spacial score (nSPS) is 23.9. The molecule has 0 radical (unpaired) electrons. The quantitative estimate of drug-likeness (QED) is 0.145. The first kappa shape index (κ1) is 55.6. The number of likely N-dealkylation sites (tertiary alicyclic amines) is 1. The molecule has 1 N–H and O–H groups in total. The van der Waals surface area contributed by atoms with Crippen molar-refractivity contribution in [2.24, 2.45) is 23.7 Å². The smallest absolute Gasteiger partial charge is 0.410 e. The molecule has 2 saturated heterocycles. The Hall–Kier alpha value is -4.56. The lowest BCUT2D eigenvalue weighted by Crippen LogP contribution is -2.46. The summed E-state index contributed by atoms with van der Waals surface area (Å²) in [5.74, 6) is -2.85. The number of amides is 1. The molecule has 0 bridgehead atoms. The first-order valence-electron chi connectivity index (χ1n) is 20.7. The summed E-state index contributed by atoms with van der Waals surface area (Å²) < 4.78 is 44.7. The van der Waals surface area contributed by atoms with Crippen molar-refractivity contribution < 1.29 is 66.1 Å². The van der Waals surface area contributed by atoms with E-state index in [0.29, 0.717) is 53.6 Å². The number of piperidine rings is 2. The number of benzene rings is 2. The second kappa shape index (κ2) is 24.1. The van der Waals surface area contributed by atoms with E-state index in [-0.39, 0.29) is 97.3 Å². The minimum atomic E-state index is -0.785. The van der Waals surface area contributed by atoms with Crippen LogP contribution in [0.25, 0.3) is 0 Å². The van der Waals surface area contributed by atoms with Crippen molar-refractivity contribution in [2.45, 2.75) is 116 Å². The Balaban J connectivity index is 0.000000394. The third-order valence-electron chi connectivity index (χ3n) is 11.8. The molecule has 4 fully saturated rings. The third kappa shape index (κ3) is 13.3. The van der Waals surface area contributed by atoms with Crippen LogP contribution in [0, 0.1) is 35.3 Å². The second-order valence-electron chi connectivity index (χ2n) is 16.8. The van der Waals surface area contributed by atoms with Gasteiger partial charge in [-0.05, 0) is 120 Å². The van der Waals surface area contributed by atoms with Crippen LogP contribution in [-0.2, 0) is 63.4 Å². The fourth-order valence-corrected chi connectivity index (χ4v) is 9.14. The van der Waals surface area contributed by atoms with E-state index in [1.807, 2.05) is 13.8 Å². The van der Waals surface area contributed by atoms with Crippen LogP contribution in [0.15, 0.2) is 36.4 Å². The molecule has 0 aromatic heterocycles. The maximum absolute atomic E-state index is 14.7. The lowest BCUT2D eigenvalue weighted by atomic mass is 9.91. The fraction of sp³-hybridized carbons (Fsp3) is 0.578. The number of esters is 2. The Labute approximate surface area is 387 Å². The summed E-state index contributed by atoms with van der Waals surface area (Å²) >= 11 is 12.1. The number of carbonyl (C=O) groups excluding carboxylic acids is 9. The summed E-state index contributed by atoms with van der Waals surface area (Å²) in [6, 6.07) is 7.82. The number of ether oxygens (including phenoxy) is 3. The van der Waals surface area contributed by atoms with Crippen LogP contribution in [-0.4, -0.2) is 90.8 Å². The zero-order valence-electron chi connectivity index (χ0n) is 36.8. The van der Waals surface area contributed by atoms with Gasteiger partial charge in [-0.15, -0.1) is 12.4 Å². The molecule has 8 atom stereocenters. The summed E-state index contributed by atoms with van der Waals surface area (Å²) in [5, 5.41) is 4.13. The highest BCUT2D eigenvalue weighted by atomic mass is 35.5. The van der Waals surface area contributed by atoms with Crippen LogP contribution < -0.4 is 5.32 Å². The Bertz CT molecular complexity index is 2060. The maximum Gasteiger partial charge on any atom is 0.410 e. The Morgan fingerprint density at radius 2 is 1.20 bits per heavy atom. The van der Waals surface area contributed by atoms with Gasteiger partial charge in [0, 0.05) is 46.8 Å². The highest BCUT2D eigenvalue weighted by molar-refractivity contribution is 6.31. The molecule has 64 heavy (non-hydrogen) atoms. The van der Waals surface area contributed by atoms with Gasteiger partial charge >= 0.3 is 30.3 Å². The predicted molar refractivity (Wildman–Crippen MR) is 228 cm³/mol. The van der Waals surface area contributed by atoms with Crippen molar-refractivity contribution in [3.05, 3.63) is 69.2 Å². The average Bonchev–Trinajstić information content (AvgIpc) is 4.05. The minimum Gasteiger partial charge on any atom is -0.466 e. The number of fused-ring (bicyclic) bond motifs is 2. The molecule has 14 nitrogen and oxygen atoms in total. The molecule has 2 aliphatic heterocycles. The van der Waals surface area contributed by atoms with Gasteiger partial charge in [-0.2, -0.15) is 19.2 Å². The van der Waals surface area contributed by atoms with Crippen LogP contribution in [0.1, 0.15) is 98.1 Å². The Morgan fingerprint density at radius 1 is 0.766 bits per heavy atom. The predicted octanol–water partition coefficient (Wildman–Crippen LogP) is 7.42. The van der Waals surface area contributed by atoms with E-state index >= 15 is 0 Å². The lowest BCUT2D eigenvalue weighted by molar-refractivity contribution is -0.193. The van der Waals surface area contributed by atoms with Gasteiger partial charge in [-0.3, -0.25) is 24.1 Å². The van der Waals surface area contributed by atoms with E-state index in [1.165, 1.54) is 29.2 Å². The summed E-state index contributed by atoms with van der Waals surface area (Å²) in [4.78, 5) is 97.2. The van der Waals surface area contributed by atoms with Crippen molar-refractivity contribution in [1.29, 1.82) is 0 Å². The van der Waals surface area contributed by atoms with Gasteiger partial charge in [0.15, 0.2) is 11.6 Å². The van der Waals surface area contributed by atoms with Crippen LogP contribution in [0.4, 0.5) is 13.6 Å². The van der Waals surface area contributed by atoms with E-state index in [0.717, 1.165) is 6.42 Å². The number of halogens is 5. The van der Waals surface area contributed by atoms with Gasteiger partial charge in [0.2, 0.25) is 0 Å². The summed E-state index contributed by atoms with van der Waals surface area (Å²) in [6.07, 6.45) is 2.36. The Morgan fingerprint density at radius 3 is 1.62 bits per heavy atom. The molecule has 2 heterocycles. The molecule has 6 rings (SSSR count). The molecule has 0 spiro atoms. The van der Waals surface area contributed by atoms with Gasteiger partial charge in [0.25, 0.3) is 0 Å². The standard InChI is InChI=1S/C24H31ClFNO5.C19H23ClFNO3.2CO2.ClH/c1-6-14(21(29)31-7-2)10-19(28)20-17-12-24(17,16-11-15(25)8-9-18(16)26)13-27(20)22(30)32-23(3,4)5;1-3-11(18(24)25-4-2)7-16(23)17-14-9-19(14,10-22-17)13-8-12(20)5-6-15(13)21;2*2-1-3;/h8-9,11,14,17,20H,6-7,10,12-13H2,1-5H3;5-6,8,11,14,17,22H,3-4,7,9-10H2,1-2H3;;;1H/t14?,17-,20?,24+;11?,14-,17?,19+;;;/m00.../s1. The summed E-state index contributed by atoms with van der Waals surface area (Å²) in [7, 11) is 0. The minimum absolute atomic E-state index is 0. The molecular formula is C45H55Cl3F2N2O12. The molecule has 19 heteroatoms. The number of nitrogens with zero attached hydrogens (tertiary/aromatic N) is 1. The van der Waals surface area contributed by atoms with E-state index in [2.05, 4.69) is 5.32 Å². The molecule has 352 valence electrons. The van der Waals surface area contributed by atoms with Crippen molar-refractivity contribution in [3.8, 4) is 0 Å². The largest absolute Gasteiger partial charge is 0.466 e. The number of hydrogen-bond acceptors (Lipinski definition) is 13. The molecule has 1 amide bonds. The molecular weight excluding hydrogens is 905 g/mol. The number of ketones is 2. The second-order valence-corrected chi connectivity index (χ2v) is 17.7. The number of rotatable bonds is 14. The van der Waals surface area contributed by atoms with Gasteiger partial charge in [-0.25, -0.2) is 13.6 Å². The zero-order chi connectivity index (χ0) is 47.4. The van der Waals surface area contributed by atoms with Gasteiger partial charge in [0.1, 0.15) is 17.2 Å². The van der Waals surface area contributed by atoms with E-state index < -0.39 is 46.8 Å². The van der Waals surface area contributed by atoms with Crippen LogP contribution in [0.5, 0.6) is 0 Å². The van der Waals surface area contributed by atoms with E-state index in [9.17, 15) is 32.8 Å². The monoisotopic (exact) mass is 958 g/mol. The third-order valence-corrected chi connectivity index (χ3v) is 12.3. The highest BCUT2D eigenvalue weighted by Crippen LogP contribution is 2.63. The first-order chi connectivity index (χ1) is 29.7. The lowest BCUT2D eigenvalue weighted by Gasteiger charge is -2.30. The number of carbonyl (C=O) groups is 5. The molecule has 2 aromatic carbocycles. The SMILES string of the molecule is CCOC(=O)C(CC)CC(=O)C1NC[C@@]2(c3cc(Cl)ccc3F)C[C@@H]12.CCOC(=O)C(CC)CC(=O)C1[C@@H]2C[C@]2(c2cc(Cl)ccc2F)CN1C(=O)OC(C)(C)C.Cl.O=C=O.O=C=O. The summed E-state index contributed by atoms with van der Waals surface area (Å²) in [5.41, 5.74) is -0.775. The van der Waals surface area contributed by atoms with E-state index in [4.69, 9.17) is 56.6 Å². The average molecular weight is 960 g/mol. The Kier molecular flexibility index (Phi) is 20.9. The van der Waals surface area contributed by atoms with Crippen molar-refractivity contribution in [2.75, 3.05) is 26.3 Å². The van der Waals surface area contributed by atoms with Crippen molar-refractivity contribution in [3.63, 3.8) is 0 Å². The molecule has 2 aromatic rings. The summed E-state index contributed by atoms with van der Waals surface area (Å²) in [6.45, 7) is 13.7. The van der Waals surface area contributed by atoms with Crippen LogP contribution in [0.3, 0.4) is 0 Å². The molecule has 2 saturated carbocycles. The maximum atomic E-state index is 14.7. The zero-order valence-corrected chi connectivity index (χ0v) is 39.1. The van der Waals surface area contributed by atoms with Crippen molar-refractivity contribution in [1.82, 2.24) is 10.2 Å². The van der Waals surface area contributed by atoms with Gasteiger partial charge in [0.05, 0.1) is 37.1 Å². The van der Waals surface area contributed by atoms with E-state index in [1.54, 1.807) is 46.8 Å². The number of hydrogen-bond donors (Lipinski definition) is 1. The number of nitrogens with one attached hydrogen (secondary N) is 1. The molecule has 4 aliphatic rings. The number of Topliss-reactive ketones (excluding diaryl/α,β-unsaturated/α-hetero) is 2. The van der Waals surface area contributed by atoms with Crippen LogP contribution in [0.2, 0.25) is 10.0 Å². The van der Waals surface area contributed by atoms with Crippen LogP contribution >= 0.6 is 35.6 Å². The molecule has 4 unspecified atom stereocenters.